The average Bonchev–Trinajstić information content (AvgIpc) is 2.30. The first-order chi connectivity index (χ1) is 7.74. The Kier molecular flexibility index (Phi) is 2.81. The summed E-state index contributed by atoms with van der Waals surface area (Å²) in [7, 11) is 0. The molecule has 4 nitrogen and oxygen atoms in total. The predicted molar refractivity (Wildman–Crippen MR) is 70.0 cm³/mol. The predicted octanol–water partition coefficient (Wildman–Crippen LogP) is 2.98. The van der Waals surface area contributed by atoms with Gasteiger partial charge in [0.15, 0.2) is 0 Å². The van der Waals surface area contributed by atoms with Gasteiger partial charge in [-0.05, 0) is 0 Å². The Morgan fingerprint density at radius 2 is 0.941 bits per heavy atom. The van der Waals surface area contributed by atoms with Crippen LogP contribution in [0.4, 0.5) is 0 Å². The van der Waals surface area contributed by atoms with Crippen LogP contribution in [0.25, 0.3) is 0 Å². The van der Waals surface area contributed by atoms with E-state index in [9.17, 15) is 0 Å². The fraction of sp³-hybridized carbons (Fsp3) is 0. The quantitative estimate of drug-likeness (QED) is 0.792. The van der Waals surface area contributed by atoms with Gasteiger partial charge in [-0.1, -0.05) is 0 Å². The zero-order chi connectivity index (χ0) is 12.6. The molecule has 0 aromatic carbocycles. The van der Waals surface area contributed by atoms with Crippen molar-refractivity contribution in [3.8, 4) is 0 Å². The van der Waals surface area contributed by atoms with Gasteiger partial charge in [-0.2, -0.15) is 0 Å². The van der Waals surface area contributed by atoms with E-state index in [1.54, 1.807) is 0 Å². The summed E-state index contributed by atoms with van der Waals surface area (Å²) in [6, 6.07) is 0. The van der Waals surface area contributed by atoms with Gasteiger partial charge < -0.3 is 0 Å². The Morgan fingerprint density at radius 1 is 0.647 bits per heavy atom. The van der Waals surface area contributed by atoms with Crippen LogP contribution in [0.5, 0.6) is 0 Å². The summed E-state index contributed by atoms with van der Waals surface area (Å²) in [5.74, 6) is 0. The molecule has 0 amide bonds. The molecule has 9 heteroatoms. The number of hydrogen-bond donors (Lipinski definition) is 0. The molecule has 2 rings (SSSR count). The van der Waals surface area contributed by atoms with Gasteiger partial charge in [-0.25, -0.2) is 0 Å². The summed E-state index contributed by atoms with van der Waals surface area (Å²) in [6.07, 6.45) is 12.0. The maximum atomic E-state index is 6.40. The van der Waals surface area contributed by atoms with E-state index < -0.39 is 3.66 Å². The minimum atomic E-state index is -4.98. The minimum absolute atomic E-state index is 1.34. The third kappa shape index (κ3) is 2.33. The van der Waals surface area contributed by atoms with E-state index in [1.807, 2.05) is 0 Å². The SMILES string of the molecule is Cl[P-](Cl)(Cl)(Cl)([n+]1ccncc1)[n+]1ccncc1. The van der Waals surface area contributed by atoms with Crippen molar-refractivity contribution in [1.29, 1.82) is 0 Å². The molecule has 2 heterocycles. The van der Waals surface area contributed by atoms with E-state index in [4.69, 9.17) is 45.0 Å². The molecule has 0 aliphatic heterocycles. The van der Waals surface area contributed by atoms with Crippen molar-refractivity contribution in [3.63, 3.8) is 0 Å². The van der Waals surface area contributed by atoms with Gasteiger partial charge in [-0.15, -0.1) is 0 Å². The Bertz CT molecular complexity index is 495. The van der Waals surface area contributed by atoms with Gasteiger partial charge in [0.05, 0.1) is 0 Å². The maximum absolute atomic E-state index is 6.40. The standard InChI is InChI=1S/C8H8Cl4N4P/c9-17(10,11,12,15-5-1-13-2-6-15)16-7-3-14-4-8-16/h1-8H/q+1. The van der Waals surface area contributed by atoms with Gasteiger partial charge in [-0.3, -0.25) is 0 Å². The van der Waals surface area contributed by atoms with E-state index in [1.165, 1.54) is 58.2 Å². The molecule has 0 radical (unpaired) electrons. The van der Waals surface area contributed by atoms with Crippen LogP contribution in [0.3, 0.4) is 0 Å². The average molecular weight is 333 g/mol. The van der Waals surface area contributed by atoms with Crippen LogP contribution in [-0.4, -0.2) is 9.97 Å². The summed E-state index contributed by atoms with van der Waals surface area (Å²) < 4.78 is -2.31. The molecule has 0 bridgehead atoms. The van der Waals surface area contributed by atoms with Crippen LogP contribution >= 0.6 is 48.6 Å². The van der Waals surface area contributed by atoms with Gasteiger partial charge in [0, 0.05) is 0 Å². The topological polar surface area (TPSA) is 33.5 Å². The number of halogens is 4. The molecule has 0 aliphatic carbocycles. The monoisotopic (exact) mass is 331 g/mol. The van der Waals surface area contributed by atoms with Crippen molar-refractivity contribution in [2.45, 2.75) is 0 Å². The zero-order valence-corrected chi connectivity index (χ0v) is 12.3. The van der Waals surface area contributed by atoms with E-state index in [0.29, 0.717) is 0 Å². The number of aromatic nitrogens is 4. The number of rotatable bonds is 2. The summed E-state index contributed by atoms with van der Waals surface area (Å²) in [5.41, 5.74) is 0. The third-order valence-corrected chi connectivity index (χ3v) is 8.66. The van der Waals surface area contributed by atoms with Crippen molar-refractivity contribution in [3.05, 3.63) is 49.6 Å². The summed E-state index contributed by atoms with van der Waals surface area (Å²) in [4.78, 5) is 7.72. The van der Waals surface area contributed by atoms with Crippen molar-refractivity contribution >= 4 is 48.6 Å². The molecule has 2 aromatic rings. The number of nitrogens with zero attached hydrogens (tertiary/aromatic N) is 4. The van der Waals surface area contributed by atoms with Crippen LogP contribution in [0, 0.1) is 0 Å². The molecule has 0 N–H and O–H groups in total. The summed E-state index contributed by atoms with van der Waals surface area (Å²) >= 11 is 25.6. The molecule has 17 heavy (non-hydrogen) atoms. The molecule has 0 spiro atoms. The van der Waals surface area contributed by atoms with Gasteiger partial charge >= 0.3 is 117 Å². The van der Waals surface area contributed by atoms with Crippen LogP contribution in [-0.2, 0) is 0 Å². The Morgan fingerprint density at radius 3 is 1.24 bits per heavy atom. The molecular formula is C8H8Cl4N4P+. The second-order valence-corrected chi connectivity index (χ2v) is 19.2. The molecule has 0 saturated heterocycles. The first kappa shape index (κ1) is 13.2. The molecular weight excluding hydrogens is 325 g/mol. The van der Waals surface area contributed by atoms with Crippen LogP contribution in [0.15, 0.2) is 49.6 Å². The van der Waals surface area contributed by atoms with Crippen molar-refractivity contribution in [1.82, 2.24) is 9.97 Å². The van der Waals surface area contributed by atoms with Crippen molar-refractivity contribution in [2.24, 2.45) is 0 Å². The number of hydrogen-bond acceptors (Lipinski definition) is 2. The Labute approximate surface area is 117 Å². The van der Waals surface area contributed by atoms with Crippen LogP contribution in [0.2, 0.25) is 0 Å². The second kappa shape index (κ2) is 3.62. The van der Waals surface area contributed by atoms with E-state index in [0.717, 1.165) is 0 Å². The Balaban J connectivity index is 2.76. The molecule has 0 unspecified atom stereocenters. The second-order valence-electron chi connectivity index (χ2n) is 3.33. The van der Waals surface area contributed by atoms with E-state index in [2.05, 4.69) is 9.97 Å². The van der Waals surface area contributed by atoms with E-state index >= 15 is 0 Å². The molecule has 0 saturated carbocycles. The first-order valence-electron chi connectivity index (χ1n) is 4.48. The van der Waals surface area contributed by atoms with Crippen LogP contribution < -0.4 is 8.68 Å². The fourth-order valence-electron chi connectivity index (χ4n) is 1.27. The van der Waals surface area contributed by atoms with Crippen molar-refractivity contribution < 1.29 is 8.68 Å². The normalized spacial score (nSPS) is 16.0. The summed E-state index contributed by atoms with van der Waals surface area (Å²) in [6.45, 7) is 0. The van der Waals surface area contributed by atoms with E-state index in [-0.39, 0.29) is 0 Å². The molecule has 0 fully saturated rings. The van der Waals surface area contributed by atoms with Gasteiger partial charge in [0.2, 0.25) is 0 Å². The molecule has 92 valence electrons. The van der Waals surface area contributed by atoms with Crippen LogP contribution in [0.1, 0.15) is 0 Å². The molecule has 0 atom stereocenters. The Hall–Kier alpha value is -0.250. The van der Waals surface area contributed by atoms with Crippen molar-refractivity contribution in [2.75, 3.05) is 0 Å². The third-order valence-electron chi connectivity index (χ3n) is 2.13. The molecule has 2 aromatic heterocycles. The van der Waals surface area contributed by atoms with Gasteiger partial charge in [0.1, 0.15) is 0 Å². The molecule has 0 aliphatic rings. The summed E-state index contributed by atoms with van der Waals surface area (Å²) in [5, 5.41) is 0. The zero-order valence-electron chi connectivity index (χ0n) is 8.37. The van der Waals surface area contributed by atoms with Gasteiger partial charge in [0.25, 0.3) is 0 Å². The fourth-order valence-corrected chi connectivity index (χ4v) is 5.21. The first-order valence-corrected chi connectivity index (χ1v) is 10.7.